The highest BCUT2D eigenvalue weighted by Gasteiger charge is 2.31. The maximum absolute atomic E-state index is 12.8. The van der Waals surface area contributed by atoms with Crippen molar-refractivity contribution in [3.8, 4) is 0 Å². The van der Waals surface area contributed by atoms with E-state index in [0.29, 0.717) is 24.2 Å². The van der Waals surface area contributed by atoms with Gasteiger partial charge in [0.15, 0.2) is 0 Å². The minimum atomic E-state index is 0.0243. The van der Waals surface area contributed by atoms with Crippen molar-refractivity contribution in [3.63, 3.8) is 0 Å². The number of rotatable bonds is 8. The number of carbonyl (C=O) groups is 1. The summed E-state index contributed by atoms with van der Waals surface area (Å²) in [5, 5.41) is 3.79. The zero-order chi connectivity index (χ0) is 22.3. The Balaban J connectivity index is 1.31. The van der Waals surface area contributed by atoms with Gasteiger partial charge in [-0.15, -0.1) is 0 Å². The predicted octanol–water partition coefficient (Wildman–Crippen LogP) is 4.31. The first-order chi connectivity index (χ1) is 15.6. The van der Waals surface area contributed by atoms with Crippen LogP contribution in [-0.2, 0) is 17.7 Å². The van der Waals surface area contributed by atoms with Crippen LogP contribution in [0, 0.1) is 0 Å². The van der Waals surface area contributed by atoms with Gasteiger partial charge in [0, 0.05) is 50.7 Å². The minimum Gasteiger partial charge on any atom is -0.375 e. The molecule has 1 fully saturated rings. The SMILES string of the molecule is COC(C1=CCCC=C1)C1CCC(Cc2ccc(C(=O)N(C)Cc3cccnc3)cc2)N1. The number of nitrogens with one attached hydrogen (secondary N) is 1. The molecule has 1 aliphatic heterocycles. The number of allylic oxidation sites excluding steroid dienone is 2. The summed E-state index contributed by atoms with van der Waals surface area (Å²) in [5.41, 5.74) is 4.29. The third kappa shape index (κ3) is 5.53. The van der Waals surface area contributed by atoms with E-state index in [2.05, 4.69) is 40.7 Å². The van der Waals surface area contributed by atoms with Crippen molar-refractivity contribution in [2.75, 3.05) is 14.2 Å². The summed E-state index contributed by atoms with van der Waals surface area (Å²) >= 11 is 0. The van der Waals surface area contributed by atoms with Gasteiger partial charge < -0.3 is 15.0 Å². The van der Waals surface area contributed by atoms with Gasteiger partial charge in [-0.1, -0.05) is 36.4 Å². The van der Waals surface area contributed by atoms with Crippen LogP contribution in [0.5, 0.6) is 0 Å². The number of methoxy groups -OCH3 is 1. The lowest BCUT2D eigenvalue weighted by Gasteiger charge is -2.26. The quantitative estimate of drug-likeness (QED) is 0.677. The Labute approximate surface area is 191 Å². The fourth-order valence-electron chi connectivity index (χ4n) is 4.75. The van der Waals surface area contributed by atoms with E-state index >= 15 is 0 Å². The summed E-state index contributed by atoms with van der Waals surface area (Å²) in [7, 11) is 3.64. The monoisotopic (exact) mass is 431 g/mol. The molecule has 5 heteroatoms. The fourth-order valence-corrected chi connectivity index (χ4v) is 4.75. The molecule has 0 bridgehead atoms. The Hall–Kier alpha value is -2.76. The summed E-state index contributed by atoms with van der Waals surface area (Å²) in [6.45, 7) is 0.550. The summed E-state index contributed by atoms with van der Waals surface area (Å²) in [6.07, 6.45) is 15.9. The number of pyridine rings is 1. The lowest BCUT2D eigenvalue weighted by Crippen LogP contribution is -2.41. The molecule has 1 N–H and O–H groups in total. The molecule has 0 saturated carbocycles. The normalized spacial score (nSPS) is 21.2. The predicted molar refractivity (Wildman–Crippen MR) is 127 cm³/mol. The molecule has 2 aromatic rings. The lowest BCUT2D eigenvalue weighted by atomic mass is 9.96. The molecule has 168 valence electrons. The Morgan fingerprint density at radius 1 is 1.19 bits per heavy atom. The molecule has 2 heterocycles. The Bertz CT molecular complexity index is 953. The molecule has 1 aromatic carbocycles. The van der Waals surface area contributed by atoms with Gasteiger partial charge in [0.25, 0.3) is 5.91 Å². The van der Waals surface area contributed by atoms with Crippen molar-refractivity contribution in [2.45, 2.75) is 56.8 Å². The number of aromatic nitrogens is 1. The second-order valence-corrected chi connectivity index (χ2v) is 8.81. The van der Waals surface area contributed by atoms with Gasteiger partial charge in [0.2, 0.25) is 0 Å². The van der Waals surface area contributed by atoms with Crippen LogP contribution in [0.4, 0.5) is 0 Å². The highest BCUT2D eigenvalue weighted by Crippen LogP contribution is 2.26. The van der Waals surface area contributed by atoms with Gasteiger partial charge in [-0.3, -0.25) is 9.78 Å². The van der Waals surface area contributed by atoms with Crippen LogP contribution in [0.2, 0.25) is 0 Å². The fraction of sp³-hybridized carbons (Fsp3) is 0.407. The molecule has 3 unspecified atom stereocenters. The van der Waals surface area contributed by atoms with Crippen molar-refractivity contribution in [1.82, 2.24) is 15.2 Å². The number of amides is 1. The maximum Gasteiger partial charge on any atom is 0.253 e. The second-order valence-electron chi connectivity index (χ2n) is 8.81. The van der Waals surface area contributed by atoms with Crippen LogP contribution in [0.15, 0.2) is 72.6 Å². The first-order valence-electron chi connectivity index (χ1n) is 11.5. The van der Waals surface area contributed by atoms with E-state index in [0.717, 1.165) is 37.7 Å². The number of nitrogens with zero attached hydrogens (tertiary/aromatic N) is 2. The topological polar surface area (TPSA) is 54.5 Å². The van der Waals surface area contributed by atoms with Crippen molar-refractivity contribution in [3.05, 3.63) is 89.3 Å². The van der Waals surface area contributed by atoms with E-state index < -0.39 is 0 Å². The lowest BCUT2D eigenvalue weighted by molar-refractivity contribution is 0.0785. The summed E-state index contributed by atoms with van der Waals surface area (Å²) in [5.74, 6) is 0.0243. The van der Waals surface area contributed by atoms with Crippen molar-refractivity contribution in [2.24, 2.45) is 0 Å². The third-order valence-corrected chi connectivity index (χ3v) is 6.42. The molecule has 5 nitrogen and oxygen atoms in total. The number of ether oxygens (including phenoxy) is 1. The van der Waals surface area contributed by atoms with Gasteiger partial charge in [0.1, 0.15) is 0 Å². The standard InChI is InChI=1S/C27H33N3O2/c1-30(19-21-7-6-16-28-18-21)27(31)23-12-10-20(11-13-23)17-24-14-15-25(29-24)26(32-2)22-8-4-3-5-9-22/h4,6-13,16,18,24-26,29H,3,5,14-15,17,19H2,1-2H3. The van der Waals surface area contributed by atoms with Crippen LogP contribution < -0.4 is 5.32 Å². The minimum absolute atomic E-state index is 0.0243. The maximum atomic E-state index is 12.8. The average Bonchev–Trinajstić information content (AvgIpc) is 3.29. The van der Waals surface area contributed by atoms with Crippen molar-refractivity contribution >= 4 is 5.91 Å². The van der Waals surface area contributed by atoms with E-state index in [4.69, 9.17) is 4.74 Å². The Morgan fingerprint density at radius 3 is 2.72 bits per heavy atom. The van der Waals surface area contributed by atoms with Crippen LogP contribution in [-0.4, -0.2) is 48.1 Å². The smallest absolute Gasteiger partial charge is 0.253 e. The van der Waals surface area contributed by atoms with Crippen LogP contribution in [0.1, 0.15) is 47.2 Å². The summed E-state index contributed by atoms with van der Waals surface area (Å²) in [6, 6.07) is 12.7. The Kier molecular flexibility index (Phi) is 7.51. The molecule has 1 aliphatic carbocycles. The molecular weight excluding hydrogens is 398 g/mol. The highest BCUT2D eigenvalue weighted by atomic mass is 16.5. The highest BCUT2D eigenvalue weighted by molar-refractivity contribution is 5.94. The van der Waals surface area contributed by atoms with Gasteiger partial charge in [-0.05, 0) is 67.0 Å². The second kappa shape index (κ2) is 10.7. The number of benzene rings is 1. The molecule has 3 atom stereocenters. The third-order valence-electron chi connectivity index (χ3n) is 6.42. The van der Waals surface area contributed by atoms with E-state index in [-0.39, 0.29) is 12.0 Å². The van der Waals surface area contributed by atoms with E-state index in [9.17, 15) is 4.79 Å². The van der Waals surface area contributed by atoms with Gasteiger partial charge >= 0.3 is 0 Å². The van der Waals surface area contributed by atoms with Crippen LogP contribution in [0.25, 0.3) is 0 Å². The van der Waals surface area contributed by atoms with Gasteiger partial charge in [-0.25, -0.2) is 0 Å². The average molecular weight is 432 g/mol. The van der Waals surface area contributed by atoms with Crippen LogP contribution in [0.3, 0.4) is 0 Å². The number of carbonyl (C=O) groups excluding carboxylic acids is 1. The Morgan fingerprint density at radius 2 is 2.03 bits per heavy atom. The summed E-state index contributed by atoms with van der Waals surface area (Å²) in [4.78, 5) is 18.6. The molecular formula is C27H33N3O2. The molecule has 1 saturated heterocycles. The molecule has 2 aliphatic rings. The molecule has 1 aromatic heterocycles. The first-order valence-corrected chi connectivity index (χ1v) is 11.5. The largest absolute Gasteiger partial charge is 0.375 e. The zero-order valence-electron chi connectivity index (χ0n) is 19.0. The van der Waals surface area contributed by atoms with Gasteiger partial charge in [-0.2, -0.15) is 0 Å². The van der Waals surface area contributed by atoms with E-state index in [1.165, 1.54) is 11.1 Å². The van der Waals surface area contributed by atoms with E-state index in [1.807, 2.05) is 38.4 Å². The van der Waals surface area contributed by atoms with Crippen molar-refractivity contribution < 1.29 is 9.53 Å². The van der Waals surface area contributed by atoms with Crippen LogP contribution >= 0.6 is 0 Å². The van der Waals surface area contributed by atoms with Crippen molar-refractivity contribution in [1.29, 1.82) is 0 Å². The number of hydrogen-bond acceptors (Lipinski definition) is 4. The molecule has 0 radical (unpaired) electrons. The van der Waals surface area contributed by atoms with E-state index in [1.54, 1.807) is 17.3 Å². The molecule has 0 spiro atoms. The summed E-state index contributed by atoms with van der Waals surface area (Å²) < 4.78 is 5.85. The van der Waals surface area contributed by atoms with Gasteiger partial charge in [0.05, 0.1) is 6.10 Å². The molecule has 1 amide bonds. The molecule has 32 heavy (non-hydrogen) atoms. The first kappa shape index (κ1) is 22.4. The molecule has 4 rings (SSSR count). The number of hydrogen-bond donors (Lipinski definition) is 1. The zero-order valence-corrected chi connectivity index (χ0v) is 19.0.